The van der Waals surface area contributed by atoms with Crippen LogP contribution in [0.15, 0.2) is 35.7 Å². The van der Waals surface area contributed by atoms with Crippen molar-refractivity contribution in [3.8, 4) is 5.69 Å². The number of carbonyl (C=O) groups excluding carboxylic acids is 1. The van der Waals surface area contributed by atoms with Gasteiger partial charge >= 0.3 is 0 Å². The number of halogens is 1. The van der Waals surface area contributed by atoms with Crippen LogP contribution in [0, 0.1) is 11.8 Å². The third-order valence-electron chi connectivity index (χ3n) is 4.99. The number of aromatic nitrogens is 3. The van der Waals surface area contributed by atoms with E-state index < -0.39 is 0 Å². The number of amides is 1. The van der Waals surface area contributed by atoms with Gasteiger partial charge in [0.15, 0.2) is 5.16 Å². The molecule has 1 aliphatic carbocycles. The van der Waals surface area contributed by atoms with E-state index in [1.165, 1.54) is 24.6 Å². The van der Waals surface area contributed by atoms with Gasteiger partial charge in [0.25, 0.3) is 0 Å². The number of thioether (sulfide) groups is 1. The Morgan fingerprint density at radius 3 is 3.04 bits per heavy atom. The van der Waals surface area contributed by atoms with Gasteiger partial charge in [0, 0.05) is 11.1 Å². The molecule has 0 radical (unpaired) electrons. The zero-order chi connectivity index (χ0) is 17.8. The fourth-order valence-corrected chi connectivity index (χ4v) is 4.21. The molecule has 25 heavy (non-hydrogen) atoms. The predicted molar refractivity (Wildman–Crippen MR) is 101 cm³/mol. The Hall–Kier alpha value is -1.53. The summed E-state index contributed by atoms with van der Waals surface area (Å²) in [6, 6.07) is 7.76. The second-order valence-electron chi connectivity index (χ2n) is 6.69. The van der Waals surface area contributed by atoms with E-state index in [0.717, 1.165) is 12.1 Å². The molecule has 0 spiro atoms. The number of rotatable bonds is 5. The van der Waals surface area contributed by atoms with E-state index in [9.17, 15) is 4.79 Å². The highest BCUT2D eigenvalue weighted by Gasteiger charge is 2.28. The van der Waals surface area contributed by atoms with Gasteiger partial charge in [-0.05, 0) is 36.5 Å². The third kappa shape index (κ3) is 4.55. The van der Waals surface area contributed by atoms with Crippen LogP contribution in [0.25, 0.3) is 5.69 Å². The molecule has 1 fully saturated rings. The van der Waals surface area contributed by atoms with E-state index in [0.29, 0.717) is 27.8 Å². The maximum absolute atomic E-state index is 12.4. The lowest BCUT2D eigenvalue weighted by atomic mass is 9.78. The van der Waals surface area contributed by atoms with E-state index in [4.69, 9.17) is 11.6 Å². The first-order chi connectivity index (χ1) is 12.0. The largest absolute Gasteiger partial charge is 0.352 e. The van der Waals surface area contributed by atoms with Crippen molar-refractivity contribution in [2.45, 2.75) is 44.3 Å². The maximum Gasteiger partial charge on any atom is 0.230 e. The number of nitrogens with zero attached hydrogens (tertiary/aromatic N) is 3. The normalized spacial score (nSPS) is 23.4. The van der Waals surface area contributed by atoms with Crippen LogP contribution in [-0.4, -0.2) is 32.5 Å². The number of hydrogen-bond donors (Lipinski definition) is 1. The summed E-state index contributed by atoms with van der Waals surface area (Å²) in [4.78, 5) is 12.4. The number of nitrogens with one attached hydrogen (secondary N) is 1. The molecule has 1 saturated carbocycles. The third-order valence-corrected chi connectivity index (χ3v) is 6.17. The summed E-state index contributed by atoms with van der Waals surface area (Å²) in [5.41, 5.74) is 0.884. The highest BCUT2D eigenvalue weighted by Crippen LogP contribution is 2.29. The highest BCUT2D eigenvalue weighted by molar-refractivity contribution is 7.99. The molecular weight excluding hydrogens is 356 g/mol. The summed E-state index contributed by atoms with van der Waals surface area (Å²) in [5.74, 6) is 1.57. The van der Waals surface area contributed by atoms with Gasteiger partial charge in [0.1, 0.15) is 6.33 Å². The van der Waals surface area contributed by atoms with Crippen LogP contribution < -0.4 is 5.32 Å². The van der Waals surface area contributed by atoms with Crippen molar-refractivity contribution in [1.29, 1.82) is 0 Å². The molecule has 1 aromatic carbocycles. The van der Waals surface area contributed by atoms with E-state index in [1.54, 1.807) is 6.33 Å². The molecule has 1 N–H and O–H groups in total. The van der Waals surface area contributed by atoms with Gasteiger partial charge < -0.3 is 5.32 Å². The number of benzene rings is 1. The zero-order valence-corrected chi connectivity index (χ0v) is 16.1. The minimum Gasteiger partial charge on any atom is -0.352 e. The minimum absolute atomic E-state index is 0.0524. The summed E-state index contributed by atoms with van der Waals surface area (Å²) in [6.45, 7) is 4.50. The van der Waals surface area contributed by atoms with Gasteiger partial charge in [-0.15, -0.1) is 10.2 Å². The molecule has 134 valence electrons. The van der Waals surface area contributed by atoms with Crippen LogP contribution in [-0.2, 0) is 4.79 Å². The molecule has 1 amide bonds. The van der Waals surface area contributed by atoms with Crippen molar-refractivity contribution in [3.05, 3.63) is 35.6 Å². The smallest absolute Gasteiger partial charge is 0.230 e. The monoisotopic (exact) mass is 378 g/mol. The summed E-state index contributed by atoms with van der Waals surface area (Å²) in [7, 11) is 0. The standard InChI is InChI=1S/C18H23ClN4OS/c1-12-5-3-8-16(13(12)2)21-17(24)10-25-18-22-20-11-23(18)15-7-4-6-14(19)9-15/h4,6-7,9,11-13,16H,3,5,8,10H2,1-2H3,(H,21,24). The zero-order valence-electron chi connectivity index (χ0n) is 14.5. The Labute approximate surface area is 157 Å². The lowest BCUT2D eigenvalue weighted by Gasteiger charge is -2.34. The molecule has 0 aliphatic heterocycles. The molecule has 3 rings (SSSR count). The summed E-state index contributed by atoms with van der Waals surface area (Å²) in [5, 5.41) is 12.6. The molecular formula is C18H23ClN4OS. The summed E-state index contributed by atoms with van der Waals surface area (Å²) < 4.78 is 1.84. The molecule has 3 atom stereocenters. The van der Waals surface area contributed by atoms with E-state index in [2.05, 4.69) is 29.4 Å². The fraction of sp³-hybridized carbons (Fsp3) is 0.500. The second-order valence-corrected chi connectivity index (χ2v) is 8.07. The fourth-order valence-electron chi connectivity index (χ4n) is 3.29. The average Bonchev–Trinajstić information content (AvgIpc) is 3.06. The first-order valence-corrected chi connectivity index (χ1v) is 9.99. The van der Waals surface area contributed by atoms with Gasteiger partial charge in [-0.2, -0.15) is 0 Å². The molecule has 1 aliphatic rings. The molecule has 1 heterocycles. The molecule has 1 aromatic heterocycles. The van der Waals surface area contributed by atoms with Crippen LogP contribution >= 0.6 is 23.4 Å². The van der Waals surface area contributed by atoms with Crippen LogP contribution in [0.4, 0.5) is 0 Å². The van der Waals surface area contributed by atoms with Crippen molar-refractivity contribution in [2.75, 3.05) is 5.75 Å². The quantitative estimate of drug-likeness (QED) is 0.800. The van der Waals surface area contributed by atoms with Gasteiger partial charge in [0.05, 0.1) is 11.4 Å². The highest BCUT2D eigenvalue weighted by atomic mass is 35.5. The Bertz CT molecular complexity index is 735. The summed E-state index contributed by atoms with van der Waals surface area (Å²) >= 11 is 7.44. The van der Waals surface area contributed by atoms with Crippen LogP contribution in [0.1, 0.15) is 33.1 Å². The van der Waals surface area contributed by atoms with Crippen molar-refractivity contribution >= 4 is 29.3 Å². The average molecular weight is 379 g/mol. The molecule has 7 heteroatoms. The van der Waals surface area contributed by atoms with E-state index >= 15 is 0 Å². The van der Waals surface area contributed by atoms with Crippen LogP contribution in [0.2, 0.25) is 5.02 Å². The van der Waals surface area contributed by atoms with Gasteiger partial charge in [0.2, 0.25) is 5.91 Å². The predicted octanol–water partition coefficient (Wildman–Crippen LogP) is 3.95. The van der Waals surface area contributed by atoms with E-state index in [-0.39, 0.29) is 11.9 Å². The number of carbonyl (C=O) groups is 1. The van der Waals surface area contributed by atoms with Crippen LogP contribution in [0.5, 0.6) is 0 Å². The molecule has 5 nitrogen and oxygen atoms in total. The van der Waals surface area contributed by atoms with Crippen molar-refractivity contribution < 1.29 is 4.79 Å². The minimum atomic E-state index is 0.0524. The lowest BCUT2D eigenvalue weighted by Crippen LogP contribution is -2.44. The Morgan fingerprint density at radius 1 is 1.40 bits per heavy atom. The lowest BCUT2D eigenvalue weighted by molar-refractivity contribution is -0.120. The number of hydrogen-bond acceptors (Lipinski definition) is 4. The Kier molecular flexibility index (Phi) is 6.02. The Morgan fingerprint density at radius 2 is 2.24 bits per heavy atom. The Balaban J connectivity index is 1.59. The maximum atomic E-state index is 12.4. The topological polar surface area (TPSA) is 59.8 Å². The first-order valence-electron chi connectivity index (χ1n) is 8.62. The van der Waals surface area contributed by atoms with Gasteiger partial charge in [-0.1, -0.05) is 56.1 Å². The van der Waals surface area contributed by atoms with Crippen LogP contribution in [0.3, 0.4) is 0 Å². The first kappa shape index (κ1) is 18.3. The van der Waals surface area contributed by atoms with Crippen molar-refractivity contribution in [1.82, 2.24) is 20.1 Å². The second kappa shape index (κ2) is 8.23. The van der Waals surface area contributed by atoms with Gasteiger partial charge in [-0.3, -0.25) is 9.36 Å². The van der Waals surface area contributed by atoms with E-state index in [1.807, 2.05) is 28.8 Å². The molecule has 0 saturated heterocycles. The summed E-state index contributed by atoms with van der Waals surface area (Å²) in [6.07, 6.45) is 5.15. The molecule has 0 bridgehead atoms. The van der Waals surface area contributed by atoms with Gasteiger partial charge in [-0.25, -0.2) is 0 Å². The SMILES string of the molecule is CC1CCCC(NC(=O)CSc2nncn2-c2cccc(Cl)c2)C1C. The van der Waals surface area contributed by atoms with Crippen molar-refractivity contribution in [3.63, 3.8) is 0 Å². The molecule has 2 aromatic rings. The molecule has 3 unspecified atom stereocenters. The van der Waals surface area contributed by atoms with Crippen molar-refractivity contribution in [2.24, 2.45) is 11.8 Å².